The number of aliphatic hydroxyl groups is 1. The number of nitrogens with zero attached hydrogens (tertiary/aromatic N) is 1. The fourth-order valence-corrected chi connectivity index (χ4v) is 3.12. The molecule has 1 aliphatic heterocycles. The van der Waals surface area contributed by atoms with Gasteiger partial charge in [0.2, 0.25) is 5.90 Å². The Morgan fingerprint density at radius 2 is 1.92 bits per heavy atom. The van der Waals surface area contributed by atoms with Crippen LogP contribution in [0.5, 0.6) is 0 Å². The van der Waals surface area contributed by atoms with E-state index < -0.39 is 0 Å². The van der Waals surface area contributed by atoms with Gasteiger partial charge in [0.15, 0.2) is 0 Å². The van der Waals surface area contributed by atoms with Crippen LogP contribution in [0.15, 0.2) is 29.3 Å². The second-order valence-corrected chi connectivity index (χ2v) is 7.27. The highest BCUT2D eigenvalue weighted by Gasteiger charge is 2.24. The third kappa shape index (κ3) is 5.62. The largest absolute Gasteiger partial charge is 0.475 e. The van der Waals surface area contributed by atoms with Gasteiger partial charge < -0.3 is 9.84 Å². The topological polar surface area (TPSA) is 41.8 Å². The Kier molecular flexibility index (Phi) is 7.77. The molecule has 3 nitrogen and oxygen atoms in total. The molecule has 0 fully saturated rings. The van der Waals surface area contributed by atoms with Crippen LogP contribution >= 0.6 is 0 Å². The highest BCUT2D eigenvalue weighted by Crippen LogP contribution is 2.21. The van der Waals surface area contributed by atoms with Crippen molar-refractivity contribution < 1.29 is 9.84 Å². The molecule has 2 rings (SSSR count). The Morgan fingerprint density at radius 3 is 2.62 bits per heavy atom. The molecule has 134 valence electrons. The Hall–Kier alpha value is -1.35. The Bertz CT molecular complexity index is 524. The van der Waals surface area contributed by atoms with Gasteiger partial charge in [0.1, 0.15) is 6.61 Å². The number of ether oxygens (including phenoxy) is 1. The van der Waals surface area contributed by atoms with Crippen LogP contribution in [0.2, 0.25) is 0 Å². The summed E-state index contributed by atoms with van der Waals surface area (Å²) in [6.07, 6.45) is 7.44. The molecular weight excluding hydrogens is 298 g/mol. The van der Waals surface area contributed by atoms with Gasteiger partial charge in [0, 0.05) is 5.56 Å². The highest BCUT2D eigenvalue weighted by atomic mass is 16.5. The maximum absolute atomic E-state index is 10.4. The molecule has 1 unspecified atom stereocenters. The van der Waals surface area contributed by atoms with E-state index in [1.165, 1.54) is 25.7 Å². The maximum Gasteiger partial charge on any atom is 0.216 e. The number of unbranched alkanes of at least 4 members (excludes halogenated alkanes) is 4. The van der Waals surface area contributed by atoms with E-state index in [2.05, 4.69) is 32.9 Å². The number of aliphatic imine (C=N–C) groups is 1. The van der Waals surface area contributed by atoms with E-state index >= 15 is 0 Å². The fraction of sp³-hybridized carbons (Fsp3) is 0.667. The van der Waals surface area contributed by atoms with E-state index in [1.54, 1.807) is 0 Å². The van der Waals surface area contributed by atoms with Crippen molar-refractivity contribution in [3.63, 3.8) is 0 Å². The molecular formula is C21H33NO2. The van der Waals surface area contributed by atoms with E-state index in [9.17, 15) is 5.11 Å². The third-order valence-electron chi connectivity index (χ3n) is 4.79. The summed E-state index contributed by atoms with van der Waals surface area (Å²) in [6.45, 7) is 7.24. The quantitative estimate of drug-likeness (QED) is 0.629. The van der Waals surface area contributed by atoms with Gasteiger partial charge in [-0.15, -0.1) is 0 Å². The zero-order chi connectivity index (χ0) is 17.4. The van der Waals surface area contributed by atoms with Gasteiger partial charge in [-0.3, -0.25) is 0 Å². The molecule has 1 aromatic carbocycles. The van der Waals surface area contributed by atoms with Crippen LogP contribution in [-0.2, 0) is 11.2 Å². The summed E-state index contributed by atoms with van der Waals surface area (Å²) in [4.78, 5) is 4.73. The molecule has 0 amide bonds. The zero-order valence-corrected chi connectivity index (χ0v) is 15.5. The monoisotopic (exact) mass is 331 g/mol. The van der Waals surface area contributed by atoms with Crippen LogP contribution in [0.4, 0.5) is 0 Å². The number of hydrogen-bond donors (Lipinski definition) is 1. The Labute approximate surface area is 147 Å². The predicted molar refractivity (Wildman–Crippen MR) is 101 cm³/mol. The standard InChI is InChI=1S/C21H33NO2/c1-4-5-6-7-8-12-18(23)14-17-11-9-10-13-19(17)21-22-20(15-24-21)16(2)3/h9-11,13,16,18,20,23H,4-8,12,14-15H2,1-3H3/t18?,20-/m1/s1. The number of rotatable bonds is 10. The number of benzene rings is 1. The molecule has 0 saturated heterocycles. The average molecular weight is 332 g/mol. The summed E-state index contributed by atoms with van der Waals surface area (Å²) in [7, 11) is 0. The second-order valence-electron chi connectivity index (χ2n) is 7.27. The minimum absolute atomic E-state index is 0.247. The summed E-state index contributed by atoms with van der Waals surface area (Å²) in [5, 5.41) is 10.4. The lowest BCUT2D eigenvalue weighted by molar-refractivity contribution is 0.160. The highest BCUT2D eigenvalue weighted by molar-refractivity contribution is 5.96. The van der Waals surface area contributed by atoms with Crippen LogP contribution in [0.1, 0.15) is 70.4 Å². The van der Waals surface area contributed by atoms with Crippen molar-refractivity contribution in [2.45, 2.75) is 77.9 Å². The smallest absolute Gasteiger partial charge is 0.216 e. The first-order valence-corrected chi connectivity index (χ1v) is 9.58. The van der Waals surface area contributed by atoms with Crippen LogP contribution in [0, 0.1) is 5.92 Å². The first kappa shape index (κ1) is 19.0. The van der Waals surface area contributed by atoms with Gasteiger partial charge in [-0.05, 0) is 30.4 Å². The van der Waals surface area contributed by atoms with Crippen molar-refractivity contribution in [3.8, 4) is 0 Å². The predicted octanol–water partition coefficient (Wildman–Crippen LogP) is 4.75. The number of aliphatic hydroxyl groups excluding tert-OH is 1. The molecule has 3 heteroatoms. The van der Waals surface area contributed by atoms with E-state index in [0.29, 0.717) is 18.9 Å². The summed E-state index contributed by atoms with van der Waals surface area (Å²) in [5.41, 5.74) is 2.19. The van der Waals surface area contributed by atoms with Crippen molar-refractivity contribution in [2.75, 3.05) is 6.61 Å². The van der Waals surface area contributed by atoms with Crippen LogP contribution < -0.4 is 0 Å². The summed E-state index contributed by atoms with van der Waals surface area (Å²) < 4.78 is 5.83. The minimum atomic E-state index is -0.282. The van der Waals surface area contributed by atoms with Crippen molar-refractivity contribution in [3.05, 3.63) is 35.4 Å². The lowest BCUT2D eigenvalue weighted by Gasteiger charge is -2.14. The fourth-order valence-electron chi connectivity index (χ4n) is 3.12. The normalized spacial score (nSPS) is 18.5. The SMILES string of the molecule is CCCCCCCC(O)Cc1ccccc1C1=N[C@@H](C(C)C)CO1. The molecule has 0 spiro atoms. The van der Waals surface area contributed by atoms with Crippen molar-refractivity contribution in [1.29, 1.82) is 0 Å². The molecule has 0 bridgehead atoms. The van der Waals surface area contributed by atoms with Gasteiger partial charge in [0.25, 0.3) is 0 Å². The van der Waals surface area contributed by atoms with Gasteiger partial charge in [-0.1, -0.05) is 71.1 Å². The maximum atomic E-state index is 10.4. The van der Waals surface area contributed by atoms with Crippen molar-refractivity contribution in [1.82, 2.24) is 0 Å². The van der Waals surface area contributed by atoms with Gasteiger partial charge in [0.05, 0.1) is 12.1 Å². The molecule has 1 heterocycles. The van der Waals surface area contributed by atoms with E-state index in [1.807, 2.05) is 12.1 Å². The van der Waals surface area contributed by atoms with Crippen LogP contribution in [-0.4, -0.2) is 29.8 Å². The molecule has 1 aromatic rings. The van der Waals surface area contributed by atoms with Gasteiger partial charge >= 0.3 is 0 Å². The number of hydrogen-bond acceptors (Lipinski definition) is 3. The van der Waals surface area contributed by atoms with E-state index in [4.69, 9.17) is 9.73 Å². The first-order valence-electron chi connectivity index (χ1n) is 9.58. The lowest BCUT2D eigenvalue weighted by atomic mass is 9.98. The third-order valence-corrected chi connectivity index (χ3v) is 4.79. The van der Waals surface area contributed by atoms with E-state index in [-0.39, 0.29) is 12.1 Å². The Morgan fingerprint density at radius 1 is 1.17 bits per heavy atom. The summed E-state index contributed by atoms with van der Waals surface area (Å²) in [6, 6.07) is 8.44. The minimum Gasteiger partial charge on any atom is -0.475 e. The lowest BCUT2D eigenvalue weighted by Crippen LogP contribution is -2.14. The molecule has 24 heavy (non-hydrogen) atoms. The first-order chi connectivity index (χ1) is 11.6. The molecule has 1 aliphatic rings. The van der Waals surface area contributed by atoms with Crippen molar-refractivity contribution >= 4 is 5.90 Å². The van der Waals surface area contributed by atoms with E-state index in [0.717, 1.165) is 29.9 Å². The summed E-state index contributed by atoms with van der Waals surface area (Å²) >= 11 is 0. The molecule has 2 atom stereocenters. The molecule has 0 saturated carbocycles. The van der Waals surface area contributed by atoms with Crippen molar-refractivity contribution in [2.24, 2.45) is 10.9 Å². The average Bonchev–Trinajstić information content (AvgIpc) is 3.05. The van der Waals surface area contributed by atoms with Gasteiger partial charge in [-0.2, -0.15) is 0 Å². The summed E-state index contributed by atoms with van der Waals surface area (Å²) in [5.74, 6) is 1.24. The molecule has 0 radical (unpaired) electrons. The zero-order valence-electron chi connectivity index (χ0n) is 15.5. The van der Waals surface area contributed by atoms with Gasteiger partial charge in [-0.25, -0.2) is 4.99 Å². The molecule has 1 N–H and O–H groups in total. The molecule has 0 aliphatic carbocycles. The van der Waals surface area contributed by atoms with Crippen LogP contribution in [0.25, 0.3) is 0 Å². The Balaban J connectivity index is 1.93. The van der Waals surface area contributed by atoms with Crippen LogP contribution in [0.3, 0.4) is 0 Å². The second kappa shape index (κ2) is 9.83. The molecule has 0 aromatic heterocycles.